The van der Waals surface area contributed by atoms with Crippen molar-refractivity contribution in [3.05, 3.63) is 64.7 Å². The van der Waals surface area contributed by atoms with Crippen LogP contribution in [0.3, 0.4) is 0 Å². The number of benzene rings is 2. The van der Waals surface area contributed by atoms with Crippen LogP contribution in [-0.2, 0) is 6.54 Å². The van der Waals surface area contributed by atoms with E-state index in [1.807, 2.05) is 12.1 Å². The molecular weight excluding hydrogens is 306 g/mol. The van der Waals surface area contributed by atoms with Gasteiger partial charge in [0.1, 0.15) is 5.75 Å². The van der Waals surface area contributed by atoms with Gasteiger partial charge in [0.15, 0.2) is 0 Å². The zero-order valence-corrected chi connectivity index (χ0v) is 13.9. The average molecular weight is 328 g/mol. The Morgan fingerprint density at radius 2 is 1.87 bits per heavy atom. The lowest BCUT2D eigenvalue weighted by molar-refractivity contribution is 0.232. The fourth-order valence-electron chi connectivity index (χ4n) is 4.56. The summed E-state index contributed by atoms with van der Waals surface area (Å²) in [5.74, 6) is 1.57. The molecular formula is C20H22ClNO. The zero-order valence-electron chi connectivity index (χ0n) is 13.2. The number of aromatic hydroxyl groups is 1. The first-order valence-corrected chi connectivity index (χ1v) is 8.87. The number of phenolic OH excluding ortho intramolecular Hbond substituents is 1. The molecule has 2 fully saturated rings. The van der Waals surface area contributed by atoms with Gasteiger partial charge in [-0.25, -0.2) is 0 Å². The number of phenols is 1. The van der Waals surface area contributed by atoms with Crippen LogP contribution in [0.25, 0.3) is 0 Å². The molecule has 0 aromatic heterocycles. The van der Waals surface area contributed by atoms with Gasteiger partial charge in [-0.3, -0.25) is 4.90 Å². The summed E-state index contributed by atoms with van der Waals surface area (Å²) in [7, 11) is 0. The van der Waals surface area contributed by atoms with E-state index in [2.05, 4.69) is 35.2 Å². The molecule has 1 N–H and O–H groups in total. The molecule has 2 aromatic carbocycles. The molecule has 2 aliphatic rings. The van der Waals surface area contributed by atoms with Crippen molar-refractivity contribution in [2.24, 2.45) is 5.92 Å². The molecule has 3 unspecified atom stereocenters. The Kier molecular flexibility index (Phi) is 4.04. The number of fused-ring (bicyclic) bond motifs is 1. The summed E-state index contributed by atoms with van der Waals surface area (Å²) in [6.45, 7) is 1.92. The molecule has 23 heavy (non-hydrogen) atoms. The molecule has 1 aliphatic carbocycles. The van der Waals surface area contributed by atoms with Gasteiger partial charge in [-0.1, -0.05) is 60.5 Å². The molecule has 2 nitrogen and oxygen atoms in total. The standard InChI is InChI=1S/C20H22ClNO/c21-20-15(8-4-11-19(20)23)12-22-13-17(14-6-2-1-3-7-14)16-9-5-10-18(16)22/h1-4,6-8,11,16-18,23H,5,9-10,12-13H2. The van der Waals surface area contributed by atoms with E-state index in [1.54, 1.807) is 6.07 Å². The summed E-state index contributed by atoms with van der Waals surface area (Å²) in [5, 5.41) is 10.3. The number of nitrogens with zero attached hydrogens (tertiary/aromatic N) is 1. The van der Waals surface area contributed by atoms with Crippen molar-refractivity contribution in [2.45, 2.75) is 37.8 Å². The third-order valence-electron chi connectivity index (χ3n) is 5.61. The third kappa shape index (κ3) is 2.75. The van der Waals surface area contributed by atoms with Crippen LogP contribution in [0, 0.1) is 5.92 Å². The van der Waals surface area contributed by atoms with E-state index in [9.17, 15) is 5.11 Å². The monoisotopic (exact) mass is 327 g/mol. The summed E-state index contributed by atoms with van der Waals surface area (Å²) in [4.78, 5) is 2.58. The SMILES string of the molecule is Oc1cccc(CN2CC(c3ccccc3)C3CCCC32)c1Cl. The molecule has 0 amide bonds. The van der Waals surface area contributed by atoms with E-state index in [-0.39, 0.29) is 5.75 Å². The minimum atomic E-state index is 0.186. The molecule has 3 heteroatoms. The maximum absolute atomic E-state index is 9.84. The molecule has 4 rings (SSSR count). The highest BCUT2D eigenvalue weighted by Crippen LogP contribution is 2.47. The van der Waals surface area contributed by atoms with Crippen molar-refractivity contribution in [3.8, 4) is 5.75 Å². The Labute approximate surface area is 142 Å². The number of hydrogen-bond donors (Lipinski definition) is 1. The average Bonchev–Trinajstić information content (AvgIpc) is 3.16. The normalized spacial score (nSPS) is 27.3. The van der Waals surface area contributed by atoms with Gasteiger partial charge in [0.25, 0.3) is 0 Å². The van der Waals surface area contributed by atoms with Gasteiger partial charge in [-0.2, -0.15) is 0 Å². The van der Waals surface area contributed by atoms with Crippen molar-refractivity contribution in [3.63, 3.8) is 0 Å². The first-order valence-electron chi connectivity index (χ1n) is 8.49. The lowest BCUT2D eigenvalue weighted by Gasteiger charge is -2.24. The Bertz CT molecular complexity index is 687. The summed E-state index contributed by atoms with van der Waals surface area (Å²) < 4.78 is 0. The van der Waals surface area contributed by atoms with E-state index in [0.717, 1.165) is 24.6 Å². The second-order valence-corrected chi connectivity index (χ2v) is 7.24. The second-order valence-electron chi connectivity index (χ2n) is 6.86. The highest BCUT2D eigenvalue weighted by Gasteiger charge is 2.44. The van der Waals surface area contributed by atoms with Crippen molar-refractivity contribution in [2.75, 3.05) is 6.54 Å². The molecule has 0 spiro atoms. The Morgan fingerprint density at radius 3 is 2.70 bits per heavy atom. The van der Waals surface area contributed by atoms with Gasteiger partial charge in [0, 0.05) is 25.0 Å². The quantitative estimate of drug-likeness (QED) is 0.874. The first kappa shape index (κ1) is 15.0. The third-order valence-corrected chi connectivity index (χ3v) is 6.04. The molecule has 1 aliphatic heterocycles. The van der Waals surface area contributed by atoms with Crippen LogP contribution >= 0.6 is 11.6 Å². The number of likely N-dealkylation sites (tertiary alicyclic amines) is 1. The minimum absolute atomic E-state index is 0.186. The van der Waals surface area contributed by atoms with Crippen molar-refractivity contribution < 1.29 is 5.11 Å². The number of hydrogen-bond acceptors (Lipinski definition) is 2. The lowest BCUT2D eigenvalue weighted by Crippen LogP contribution is -2.29. The fraction of sp³-hybridized carbons (Fsp3) is 0.400. The number of rotatable bonds is 3. The zero-order chi connectivity index (χ0) is 15.8. The largest absolute Gasteiger partial charge is 0.506 e. The van der Waals surface area contributed by atoms with Gasteiger partial charge in [-0.15, -0.1) is 0 Å². The van der Waals surface area contributed by atoms with E-state index in [1.165, 1.54) is 24.8 Å². The lowest BCUT2D eigenvalue weighted by atomic mass is 9.87. The van der Waals surface area contributed by atoms with E-state index in [0.29, 0.717) is 17.0 Å². The van der Waals surface area contributed by atoms with Crippen LogP contribution in [0.4, 0.5) is 0 Å². The second kappa shape index (κ2) is 6.18. The molecule has 1 saturated heterocycles. The molecule has 3 atom stereocenters. The van der Waals surface area contributed by atoms with Crippen LogP contribution in [0.15, 0.2) is 48.5 Å². The van der Waals surface area contributed by atoms with Crippen LogP contribution in [0.2, 0.25) is 5.02 Å². The molecule has 1 heterocycles. The van der Waals surface area contributed by atoms with Crippen LogP contribution < -0.4 is 0 Å². The molecule has 120 valence electrons. The van der Waals surface area contributed by atoms with E-state index < -0.39 is 0 Å². The topological polar surface area (TPSA) is 23.5 Å². The van der Waals surface area contributed by atoms with Crippen molar-refractivity contribution in [1.29, 1.82) is 0 Å². The molecule has 0 radical (unpaired) electrons. The first-order chi connectivity index (χ1) is 11.2. The van der Waals surface area contributed by atoms with Crippen molar-refractivity contribution >= 4 is 11.6 Å². The predicted octanol–water partition coefficient (Wildman–Crippen LogP) is 4.81. The highest BCUT2D eigenvalue weighted by molar-refractivity contribution is 6.32. The van der Waals surface area contributed by atoms with Gasteiger partial charge in [-0.05, 0) is 36.0 Å². The van der Waals surface area contributed by atoms with Crippen LogP contribution in [-0.4, -0.2) is 22.6 Å². The predicted molar refractivity (Wildman–Crippen MR) is 93.8 cm³/mol. The van der Waals surface area contributed by atoms with E-state index in [4.69, 9.17) is 11.6 Å². The molecule has 2 aromatic rings. The van der Waals surface area contributed by atoms with E-state index >= 15 is 0 Å². The molecule has 1 saturated carbocycles. The Balaban J connectivity index is 1.59. The van der Waals surface area contributed by atoms with Crippen LogP contribution in [0.1, 0.15) is 36.3 Å². The summed E-state index contributed by atoms with van der Waals surface area (Å²) in [6, 6.07) is 17.1. The van der Waals surface area contributed by atoms with Gasteiger partial charge in [0.05, 0.1) is 5.02 Å². The van der Waals surface area contributed by atoms with Crippen molar-refractivity contribution in [1.82, 2.24) is 4.90 Å². The van der Waals surface area contributed by atoms with Gasteiger partial charge < -0.3 is 5.11 Å². The maximum Gasteiger partial charge on any atom is 0.134 e. The fourth-order valence-corrected chi connectivity index (χ4v) is 4.74. The summed E-state index contributed by atoms with van der Waals surface area (Å²) >= 11 is 6.29. The highest BCUT2D eigenvalue weighted by atomic mass is 35.5. The summed E-state index contributed by atoms with van der Waals surface area (Å²) in [6.07, 6.45) is 3.93. The Morgan fingerprint density at radius 1 is 1.04 bits per heavy atom. The van der Waals surface area contributed by atoms with Gasteiger partial charge in [0.2, 0.25) is 0 Å². The number of halogens is 1. The Hall–Kier alpha value is -1.51. The minimum Gasteiger partial charge on any atom is -0.506 e. The van der Waals surface area contributed by atoms with Crippen LogP contribution in [0.5, 0.6) is 5.75 Å². The smallest absolute Gasteiger partial charge is 0.134 e. The van der Waals surface area contributed by atoms with Gasteiger partial charge >= 0.3 is 0 Å². The summed E-state index contributed by atoms with van der Waals surface area (Å²) in [5.41, 5.74) is 2.50. The maximum atomic E-state index is 9.84. The molecule has 0 bridgehead atoms.